The van der Waals surface area contributed by atoms with E-state index in [-0.39, 0.29) is 46.9 Å². The van der Waals surface area contributed by atoms with Gasteiger partial charge in [-0.2, -0.15) is 0 Å². The Bertz CT molecular complexity index is 808. The van der Waals surface area contributed by atoms with Gasteiger partial charge in [-0.15, -0.1) is 0 Å². The number of fused-ring (bicyclic) bond motifs is 5. The number of carbonyl (C=O) groups excluding carboxylic acids is 3. The van der Waals surface area contributed by atoms with Gasteiger partial charge in [0, 0.05) is 32.1 Å². The Morgan fingerprint density at radius 1 is 0.788 bits per heavy atom. The number of hydrogen-bond acceptors (Lipinski definition) is 6. The summed E-state index contributed by atoms with van der Waals surface area (Å²) in [6.07, 6.45) is 8.23. The fourth-order valence-corrected chi connectivity index (χ4v) is 9.11. The van der Waals surface area contributed by atoms with Crippen LogP contribution >= 0.6 is 0 Å². The topological polar surface area (TPSA) is 78.9 Å². The van der Waals surface area contributed by atoms with Crippen LogP contribution in [0.5, 0.6) is 0 Å². The van der Waals surface area contributed by atoms with Gasteiger partial charge in [-0.05, 0) is 81.0 Å². The summed E-state index contributed by atoms with van der Waals surface area (Å²) in [4.78, 5) is 35.8. The van der Waals surface area contributed by atoms with Crippen LogP contribution in [0.15, 0.2) is 0 Å². The lowest BCUT2D eigenvalue weighted by molar-refractivity contribution is -0.211. The van der Waals surface area contributed by atoms with Crippen molar-refractivity contribution in [1.82, 2.24) is 0 Å². The van der Waals surface area contributed by atoms with Crippen LogP contribution < -0.4 is 0 Å². The number of carbonyl (C=O) groups is 3. The van der Waals surface area contributed by atoms with E-state index in [2.05, 4.69) is 20.8 Å². The largest absolute Gasteiger partial charge is 0.463 e. The zero-order valence-corrected chi connectivity index (χ0v) is 21.3. The van der Waals surface area contributed by atoms with Crippen molar-refractivity contribution in [3.8, 4) is 0 Å². The number of hydrogen-bond donors (Lipinski definition) is 0. The van der Waals surface area contributed by atoms with Crippen LogP contribution in [0.3, 0.4) is 0 Å². The van der Waals surface area contributed by atoms with Crippen LogP contribution in [0, 0.1) is 34.5 Å². The SMILES string of the molecule is CC[C@@]1(OC(C)=O)CC[C@H]2[C@@H]3C[C@H](OC(C)=O)[C@@H]4C[C@H](OC(C)=O)CC[C@]4(C)[C@H]3CC[C@@]21C. The fraction of sp³-hybridized carbons (Fsp3) is 0.889. The molecule has 0 unspecified atom stereocenters. The monoisotopic (exact) mass is 462 g/mol. The van der Waals surface area contributed by atoms with Crippen LogP contribution in [-0.4, -0.2) is 35.7 Å². The van der Waals surface area contributed by atoms with Gasteiger partial charge in [0.05, 0.1) is 0 Å². The molecule has 0 spiro atoms. The molecule has 0 aromatic heterocycles. The lowest BCUT2D eigenvalue weighted by atomic mass is 9.43. The lowest BCUT2D eigenvalue weighted by Crippen LogP contribution is -2.61. The minimum atomic E-state index is -0.393. The molecule has 4 aliphatic rings. The van der Waals surface area contributed by atoms with Gasteiger partial charge in [0.1, 0.15) is 17.8 Å². The quantitative estimate of drug-likeness (QED) is 0.421. The summed E-state index contributed by atoms with van der Waals surface area (Å²) < 4.78 is 17.7. The maximum atomic E-state index is 12.1. The molecule has 0 N–H and O–H groups in total. The molecule has 4 aliphatic carbocycles. The van der Waals surface area contributed by atoms with Crippen molar-refractivity contribution in [1.29, 1.82) is 0 Å². The van der Waals surface area contributed by atoms with E-state index in [1.54, 1.807) is 0 Å². The average molecular weight is 463 g/mol. The normalized spacial score (nSPS) is 46.4. The lowest BCUT2D eigenvalue weighted by Gasteiger charge is -2.63. The average Bonchev–Trinajstić information content (AvgIpc) is 3.00. The molecular weight excluding hydrogens is 420 g/mol. The van der Waals surface area contributed by atoms with Gasteiger partial charge >= 0.3 is 17.9 Å². The zero-order chi connectivity index (χ0) is 24.2. The molecule has 0 aliphatic heterocycles. The fourth-order valence-electron chi connectivity index (χ4n) is 9.11. The predicted molar refractivity (Wildman–Crippen MR) is 123 cm³/mol. The molecule has 0 amide bonds. The molecule has 4 rings (SSSR count). The second-order valence-corrected chi connectivity index (χ2v) is 11.8. The summed E-state index contributed by atoms with van der Waals surface area (Å²) >= 11 is 0. The first-order valence-electron chi connectivity index (χ1n) is 13.0. The molecule has 0 aromatic rings. The predicted octanol–water partition coefficient (Wildman–Crippen LogP) is 5.21. The van der Waals surface area contributed by atoms with Gasteiger partial charge in [0.15, 0.2) is 0 Å². The minimum Gasteiger partial charge on any atom is -0.463 e. The first-order valence-corrected chi connectivity index (χ1v) is 13.0. The first-order chi connectivity index (χ1) is 15.5. The van der Waals surface area contributed by atoms with E-state index in [9.17, 15) is 14.4 Å². The zero-order valence-electron chi connectivity index (χ0n) is 21.3. The Morgan fingerprint density at radius 3 is 2.06 bits per heavy atom. The summed E-state index contributed by atoms with van der Waals surface area (Å²) in [5, 5.41) is 0. The molecule has 0 heterocycles. The van der Waals surface area contributed by atoms with Crippen molar-refractivity contribution in [2.45, 2.75) is 117 Å². The van der Waals surface area contributed by atoms with Crippen LogP contribution in [-0.2, 0) is 28.6 Å². The molecule has 0 bridgehead atoms. The number of esters is 3. The third-order valence-electron chi connectivity index (χ3n) is 10.5. The molecule has 33 heavy (non-hydrogen) atoms. The molecule has 0 aromatic carbocycles. The molecule has 6 heteroatoms. The second kappa shape index (κ2) is 8.57. The van der Waals surface area contributed by atoms with E-state index >= 15 is 0 Å². The summed E-state index contributed by atoms with van der Waals surface area (Å²) in [6.45, 7) is 11.4. The molecule has 0 saturated heterocycles. The Morgan fingerprint density at radius 2 is 1.45 bits per heavy atom. The molecule has 4 saturated carbocycles. The summed E-state index contributed by atoms with van der Waals surface area (Å²) in [7, 11) is 0. The van der Waals surface area contributed by atoms with Gasteiger partial charge in [-0.25, -0.2) is 0 Å². The van der Waals surface area contributed by atoms with Crippen molar-refractivity contribution in [3.63, 3.8) is 0 Å². The summed E-state index contributed by atoms with van der Waals surface area (Å²) in [6, 6.07) is 0. The van der Waals surface area contributed by atoms with Crippen molar-refractivity contribution < 1.29 is 28.6 Å². The highest BCUT2D eigenvalue weighted by molar-refractivity contribution is 5.67. The second-order valence-electron chi connectivity index (χ2n) is 11.8. The minimum absolute atomic E-state index is 0.0481. The first kappa shape index (κ1) is 24.5. The third kappa shape index (κ3) is 3.89. The van der Waals surface area contributed by atoms with E-state index in [4.69, 9.17) is 14.2 Å². The molecular formula is C27H42O6. The summed E-state index contributed by atoms with van der Waals surface area (Å²) in [5.74, 6) is 1.01. The highest BCUT2D eigenvalue weighted by atomic mass is 16.6. The Labute approximate surface area is 198 Å². The summed E-state index contributed by atoms with van der Waals surface area (Å²) in [5.41, 5.74) is -0.385. The highest BCUT2D eigenvalue weighted by Gasteiger charge is 2.67. The maximum absolute atomic E-state index is 12.1. The molecule has 0 radical (unpaired) electrons. The Kier molecular flexibility index (Phi) is 6.37. The van der Waals surface area contributed by atoms with Crippen molar-refractivity contribution in [2.24, 2.45) is 34.5 Å². The van der Waals surface area contributed by atoms with Crippen molar-refractivity contribution >= 4 is 17.9 Å². The van der Waals surface area contributed by atoms with Crippen molar-refractivity contribution in [3.05, 3.63) is 0 Å². The number of ether oxygens (including phenoxy) is 3. The maximum Gasteiger partial charge on any atom is 0.303 e. The van der Waals surface area contributed by atoms with Gasteiger partial charge < -0.3 is 14.2 Å². The van der Waals surface area contributed by atoms with E-state index in [1.165, 1.54) is 20.8 Å². The van der Waals surface area contributed by atoms with Gasteiger partial charge in [-0.3, -0.25) is 14.4 Å². The highest BCUT2D eigenvalue weighted by Crippen LogP contribution is 2.69. The van der Waals surface area contributed by atoms with Crippen LogP contribution in [0.1, 0.15) is 99.3 Å². The standard InChI is InChI=1S/C27H42O6/c1-7-27(33-18(4)30)13-10-22-20-15-24(32-17(3)29)23-14-19(31-16(2)28)8-11-25(23,5)21(20)9-12-26(22,27)6/h19-24H,7-15H2,1-6H3/t19-,20-,21+,22+,23+,24+,25-,26+,27-/m1/s1. The van der Waals surface area contributed by atoms with Gasteiger partial charge in [-0.1, -0.05) is 20.8 Å². The van der Waals surface area contributed by atoms with E-state index in [1.807, 2.05) is 0 Å². The smallest absolute Gasteiger partial charge is 0.303 e. The molecule has 9 atom stereocenters. The van der Waals surface area contributed by atoms with Gasteiger partial charge in [0.25, 0.3) is 0 Å². The molecule has 6 nitrogen and oxygen atoms in total. The van der Waals surface area contributed by atoms with Crippen LogP contribution in [0.25, 0.3) is 0 Å². The van der Waals surface area contributed by atoms with E-state index < -0.39 is 5.60 Å². The number of rotatable bonds is 4. The van der Waals surface area contributed by atoms with E-state index in [0.29, 0.717) is 17.8 Å². The Balaban J connectivity index is 1.66. The Hall–Kier alpha value is -1.59. The van der Waals surface area contributed by atoms with Crippen LogP contribution in [0.2, 0.25) is 0 Å². The third-order valence-corrected chi connectivity index (χ3v) is 10.5. The van der Waals surface area contributed by atoms with Crippen LogP contribution in [0.4, 0.5) is 0 Å². The van der Waals surface area contributed by atoms with Gasteiger partial charge in [0.2, 0.25) is 0 Å². The van der Waals surface area contributed by atoms with Crippen molar-refractivity contribution in [2.75, 3.05) is 0 Å². The molecule has 4 fully saturated rings. The van der Waals surface area contributed by atoms with E-state index in [0.717, 1.165) is 57.8 Å². The molecule has 186 valence electrons.